The minimum absolute atomic E-state index is 0.0148. The van der Waals surface area contributed by atoms with Crippen molar-refractivity contribution in [2.24, 2.45) is 5.73 Å². The summed E-state index contributed by atoms with van der Waals surface area (Å²) in [5.41, 5.74) is 7.20. The van der Waals surface area contributed by atoms with Gasteiger partial charge in [0, 0.05) is 16.2 Å². The molecule has 0 spiro atoms. The minimum atomic E-state index is -0.745. The molecule has 0 aliphatic rings. The van der Waals surface area contributed by atoms with Gasteiger partial charge in [-0.1, -0.05) is 6.07 Å². The summed E-state index contributed by atoms with van der Waals surface area (Å²) in [4.78, 5) is 0.861. The number of nitrogens with one attached hydrogen (secondary N) is 1. The summed E-state index contributed by atoms with van der Waals surface area (Å²) < 4.78 is 0. The number of thioether (sulfide) groups is 1. The summed E-state index contributed by atoms with van der Waals surface area (Å²) in [6.45, 7) is 1.70. The van der Waals surface area contributed by atoms with Crippen molar-refractivity contribution >= 4 is 17.6 Å². The van der Waals surface area contributed by atoms with E-state index in [1.807, 2.05) is 19.1 Å². The Morgan fingerprint density at radius 2 is 2.25 bits per heavy atom. The van der Waals surface area contributed by atoms with E-state index in [1.54, 1.807) is 6.07 Å². The monoisotopic (exact) mass is 240 g/mol. The number of hydrogen-bond donors (Lipinski definition) is 4. The maximum atomic E-state index is 9.26. The second-order valence-corrected chi connectivity index (χ2v) is 4.62. The molecule has 1 unspecified atom stereocenters. The van der Waals surface area contributed by atoms with Crippen LogP contribution in [0.2, 0.25) is 0 Å². The Kier molecular flexibility index (Phi) is 4.79. The summed E-state index contributed by atoms with van der Waals surface area (Å²) >= 11 is 1.39. The lowest BCUT2D eigenvalue weighted by Crippen LogP contribution is -2.16. The van der Waals surface area contributed by atoms with Crippen LogP contribution in [0.25, 0.3) is 0 Å². The van der Waals surface area contributed by atoms with Crippen molar-refractivity contribution in [3.8, 4) is 0 Å². The van der Waals surface area contributed by atoms with Crippen molar-refractivity contribution in [2.45, 2.75) is 17.9 Å². The van der Waals surface area contributed by atoms with Gasteiger partial charge in [-0.15, -0.1) is 11.8 Å². The summed E-state index contributed by atoms with van der Waals surface area (Å²) in [5, 5.41) is 25.4. The van der Waals surface area contributed by atoms with Gasteiger partial charge in [-0.2, -0.15) is 0 Å². The normalized spacial score (nSPS) is 12.4. The molecule has 0 heterocycles. The Bertz CT molecular complexity index is 382. The van der Waals surface area contributed by atoms with Gasteiger partial charge in [0.25, 0.3) is 0 Å². The van der Waals surface area contributed by atoms with E-state index in [1.165, 1.54) is 11.8 Å². The van der Waals surface area contributed by atoms with Crippen molar-refractivity contribution in [1.29, 1.82) is 5.41 Å². The van der Waals surface area contributed by atoms with E-state index < -0.39 is 6.10 Å². The SMILES string of the molecule is Cc1ccc(C(=N)N)c(SCC(O)CO)c1. The summed E-state index contributed by atoms with van der Waals surface area (Å²) in [6, 6.07) is 5.61. The quantitative estimate of drug-likeness (QED) is 0.347. The first-order valence-corrected chi connectivity index (χ1v) is 5.90. The number of aliphatic hydroxyl groups excluding tert-OH is 2. The van der Waals surface area contributed by atoms with Crippen molar-refractivity contribution < 1.29 is 10.2 Å². The van der Waals surface area contributed by atoms with Crippen LogP contribution in [-0.2, 0) is 0 Å². The third kappa shape index (κ3) is 3.52. The number of amidine groups is 1. The molecule has 0 aromatic heterocycles. The third-order valence-electron chi connectivity index (χ3n) is 2.07. The molecule has 5 heteroatoms. The molecule has 88 valence electrons. The van der Waals surface area contributed by atoms with Gasteiger partial charge >= 0.3 is 0 Å². The highest BCUT2D eigenvalue weighted by atomic mass is 32.2. The fourth-order valence-electron chi connectivity index (χ4n) is 1.21. The van der Waals surface area contributed by atoms with E-state index in [2.05, 4.69) is 0 Å². The van der Waals surface area contributed by atoms with E-state index >= 15 is 0 Å². The van der Waals surface area contributed by atoms with E-state index in [0.29, 0.717) is 11.3 Å². The van der Waals surface area contributed by atoms with Crippen molar-refractivity contribution in [2.75, 3.05) is 12.4 Å². The Labute approximate surface area is 99.0 Å². The maximum absolute atomic E-state index is 9.26. The lowest BCUT2D eigenvalue weighted by atomic mass is 10.1. The number of nitrogens with two attached hydrogens (primary N) is 1. The van der Waals surface area contributed by atoms with Gasteiger partial charge in [0.15, 0.2) is 0 Å². The average Bonchev–Trinajstić information content (AvgIpc) is 2.25. The van der Waals surface area contributed by atoms with Crippen LogP contribution in [0.4, 0.5) is 0 Å². The highest BCUT2D eigenvalue weighted by Gasteiger charge is 2.09. The van der Waals surface area contributed by atoms with Crippen LogP contribution in [0.5, 0.6) is 0 Å². The second-order valence-electron chi connectivity index (χ2n) is 3.56. The molecule has 0 amide bonds. The first kappa shape index (κ1) is 13.0. The molecule has 4 nitrogen and oxygen atoms in total. The minimum Gasteiger partial charge on any atom is -0.394 e. The van der Waals surface area contributed by atoms with Crippen LogP contribution in [0.1, 0.15) is 11.1 Å². The predicted molar refractivity (Wildman–Crippen MR) is 66.0 cm³/mol. The highest BCUT2D eigenvalue weighted by molar-refractivity contribution is 7.99. The predicted octanol–water partition coefficient (Wildman–Crippen LogP) is 0.724. The summed E-state index contributed by atoms with van der Waals surface area (Å²) in [7, 11) is 0. The number of aryl methyl sites for hydroxylation is 1. The molecular weight excluding hydrogens is 224 g/mol. The smallest absolute Gasteiger partial charge is 0.123 e. The fourth-order valence-corrected chi connectivity index (χ4v) is 2.29. The zero-order valence-electron chi connectivity index (χ0n) is 9.10. The molecule has 1 aromatic rings. The molecule has 0 saturated heterocycles. The molecule has 16 heavy (non-hydrogen) atoms. The number of benzene rings is 1. The van der Waals surface area contributed by atoms with E-state index in [-0.39, 0.29) is 12.4 Å². The molecule has 5 N–H and O–H groups in total. The van der Waals surface area contributed by atoms with Gasteiger partial charge in [0.05, 0.1) is 12.7 Å². The van der Waals surface area contributed by atoms with Crippen molar-refractivity contribution in [1.82, 2.24) is 0 Å². The fraction of sp³-hybridized carbons (Fsp3) is 0.364. The third-order valence-corrected chi connectivity index (χ3v) is 3.27. The molecule has 1 aromatic carbocycles. The molecule has 0 bridgehead atoms. The van der Waals surface area contributed by atoms with Gasteiger partial charge in [-0.05, 0) is 24.6 Å². The first-order chi connectivity index (χ1) is 7.54. The number of nitrogen functional groups attached to an aromatic ring is 1. The molecule has 1 rings (SSSR count). The largest absolute Gasteiger partial charge is 0.394 e. The number of aliphatic hydroxyl groups is 2. The lowest BCUT2D eigenvalue weighted by molar-refractivity contribution is 0.113. The van der Waals surface area contributed by atoms with E-state index in [0.717, 1.165) is 10.5 Å². The van der Waals surface area contributed by atoms with Gasteiger partial charge in [0.2, 0.25) is 0 Å². The molecule has 0 saturated carbocycles. The van der Waals surface area contributed by atoms with Gasteiger partial charge in [-0.25, -0.2) is 0 Å². The number of hydrogen-bond acceptors (Lipinski definition) is 4. The van der Waals surface area contributed by atoms with Gasteiger partial charge in [0.1, 0.15) is 5.84 Å². The molecule has 1 atom stereocenters. The Morgan fingerprint density at radius 1 is 1.56 bits per heavy atom. The Hall–Kier alpha value is -1.04. The standard InChI is InChI=1S/C11H16N2O2S/c1-7-2-3-9(11(12)13)10(4-7)16-6-8(15)5-14/h2-4,8,14-15H,5-6H2,1H3,(H3,12,13). The van der Waals surface area contributed by atoms with Crippen molar-refractivity contribution in [3.63, 3.8) is 0 Å². The summed E-state index contributed by atoms with van der Waals surface area (Å²) in [6.07, 6.45) is -0.745. The van der Waals surface area contributed by atoms with Gasteiger partial charge in [-0.3, -0.25) is 5.41 Å². The average molecular weight is 240 g/mol. The zero-order chi connectivity index (χ0) is 12.1. The summed E-state index contributed by atoms with van der Waals surface area (Å²) in [5.74, 6) is 0.404. The Morgan fingerprint density at radius 3 is 2.81 bits per heavy atom. The topological polar surface area (TPSA) is 90.3 Å². The number of rotatable bonds is 5. The second kappa shape index (κ2) is 5.89. The lowest BCUT2D eigenvalue weighted by Gasteiger charge is -2.11. The van der Waals surface area contributed by atoms with Gasteiger partial charge < -0.3 is 15.9 Å². The van der Waals surface area contributed by atoms with Crippen LogP contribution in [0.3, 0.4) is 0 Å². The zero-order valence-corrected chi connectivity index (χ0v) is 9.92. The first-order valence-electron chi connectivity index (χ1n) is 4.91. The Balaban J connectivity index is 2.84. The van der Waals surface area contributed by atoms with Crippen LogP contribution >= 0.6 is 11.8 Å². The molecular formula is C11H16N2O2S. The van der Waals surface area contributed by atoms with Crippen LogP contribution in [0.15, 0.2) is 23.1 Å². The van der Waals surface area contributed by atoms with Crippen LogP contribution in [0, 0.1) is 12.3 Å². The molecule has 0 aliphatic heterocycles. The van der Waals surface area contributed by atoms with Crippen LogP contribution < -0.4 is 5.73 Å². The highest BCUT2D eigenvalue weighted by Crippen LogP contribution is 2.24. The van der Waals surface area contributed by atoms with Crippen LogP contribution in [-0.4, -0.2) is 34.5 Å². The van der Waals surface area contributed by atoms with E-state index in [9.17, 15) is 5.11 Å². The molecule has 0 fully saturated rings. The molecule has 0 aliphatic carbocycles. The molecule has 0 radical (unpaired) electrons. The maximum Gasteiger partial charge on any atom is 0.123 e. The van der Waals surface area contributed by atoms with Crippen molar-refractivity contribution in [3.05, 3.63) is 29.3 Å². The van der Waals surface area contributed by atoms with E-state index in [4.69, 9.17) is 16.2 Å².